The van der Waals surface area contributed by atoms with Gasteiger partial charge >= 0.3 is 0 Å². The molecule has 1 aromatic heterocycles. The fourth-order valence-corrected chi connectivity index (χ4v) is 3.97. The van der Waals surface area contributed by atoms with Gasteiger partial charge in [0.15, 0.2) is 17.3 Å². The van der Waals surface area contributed by atoms with Crippen molar-refractivity contribution in [1.29, 1.82) is 0 Å². The highest BCUT2D eigenvalue weighted by atomic mass is 35.5. The normalized spacial score (nSPS) is 10.8. The van der Waals surface area contributed by atoms with Gasteiger partial charge in [-0.3, -0.25) is 0 Å². The van der Waals surface area contributed by atoms with Gasteiger partial charge in [-0.05, 0) is 37.3 Å². The van der Waals surface area contributed by atoms with Crippen molar-refractivity contribution in [1.82, 2.24) is 14.9 Å². The Labute approximate surface area is 207 Å². The molecule has 0 bridgehead atoms. The van der Waals surface area contributed by atoms with Crippen LogP contribution < -0.4 is 14.9 Å². The van der Waals surface area contributed by atoms with E-state index >= 15 is 0 Å². The lowest BCUT2D eigenvalue weighted by Gasteiger charge is -2.18. The number of aromatic nitrogens is 3. The van der Waals surface area contributed by atoms with Gasteiger partial charge in [0, 0.05) is 26.7 Å². The van der Waals surface area contributed by atoms with Crippen LogP contribution in [0.25, 0.3) is 11.4 Å². The van der Waals surface area contributed by atoms with E-state index in [2.05, 4.69) is 15.6 Å². The number of ether oxygens (including phenoxy) is 2. The molecule has 0 unspecified atom stereocenters. The minimum atomic E-state index is 0.271. The maximum absolute atomic E-state index is 6.32. The van der Waals surface area contributed by atoms with E-state index in [0.29, 0.717) is 45.3 Å². The molecule has 0 radical (unpaired) electrons. The number of hydrogen-bond acceptors (Lipinski definition) is 5. The summed E-state index contributed by atoms with van der Waals surface area (Å²) >= 11 is 17.8. The first-order valence-electron chi connectivity index (χ1n) is 10.3. The van der Waals surface area contributed by atoms with Crippen molar-refractivity contribution in [3.63, 3.8) is 0 Å². The quantitative estimate of drug-likeness (QED) is 0.252. The molecule has 0 fully saturated rings. The molecule has 0 amide bonds. The Balaban J connectivity index is 1.59. The van der Waals surface area contributed by atoms with Crippen LogP contribution in [0.1, 0.15) is 18.1 Å². The fourth-order valence-electron chi connectivity index (χ4n) is 3.31. The van der Waals surface area contributed by atoms with Crippen LogP contribution in [0.4, 0.5) is 0 Å². The topological polar surface area (TPSA) is 64.1 Å². The molecular weight excluding hydrogens is 479 g/mol. The molecule has 4 rings (SSSR count). The molecule has 2 N–H and O–H groups in total. The number of benzene rings is 3. The van der Waals surface area contributed by atoms with Crippen LogP contribution in [0, 0.1) is 4.77 Å². The summed E-state index contributed by atoms with van der Waals surface area (Å²) in [6.45, 7) is 3.15. The number of nitrogens with one attached hydrogen (secondary N) is 2. The van der Waals surface area contributed by atoms with Gasteiger partial charge in [0.1, 0.15) is 6.61 Å². The maximum atomic E-state index is 6.32. The Morgan fingerprint density at radius 3 is 2.58 bits per heavy atom. The van der Waals surface area contributed by atoms with Crippen LogP contribution >= 0.6 is 35.4 Å². The Hall–Kier alpha value is -3.00. The van der Waals surface area contributed by atoms with E-state index < -0.39 is 0 Å². The van der Waals surface area contributed by atoms with Gasteiger partial charge in [0.05, 0.1) is 13.2 Å². The van der Waals surface area contributed by atoms with Crippen LogP contribution in [-0.2, 0) is 13.2 Å². The van der Waals surface area contributed by atoms with Crippen molar-refractivity contribution in [2.75, 3.05) is 12.0 Å². The number of hydrogen-bond donors (Lipinski definition) is 2. The van der Waals surface area contributed by atoms with Crippen LogP contribution in [0.15, 0.2) is 66.7 Å². The van der Waals surface area contributed by atoms with Gasteiger partial charge in [-0.1, -0.05) is 71.7 Å². The molecule has 170 valence electrons. The third-order valence-electron chi connectivity index (χ3n) is 4.88. The minimum absolute atomic E-state index is 0.271. The molecule has 0 spiro atoms. The number of H-pyrrole nitrogens is 1. The fraction of sp³-hybridized carbons (Fsp3) is 0.167. The molecule has 3 aromatic carbocycles. The molecule has 0 aliphatic heterocycles. The van der Waals surface area contributed by atoms with Crippen molar-refractivity contribution in [2.24, 2.45) is 0 Å². The smallest absolute Gasteiger partial charge is 0.214 e. The first-order chi connectivity index (χ1) is 16.1. The summed E-state index contributed by atoms with van der Waals surface area (Å²) in [5.74, 6) is 1.98. The number of halogens is 2. The zero-order valence-electron chi connectivity index (χ0n) is 17.8. The first-order valence-corrected chi connectivity index (χ1v) is 11.5. The van der Waals surface area contributed by atoms with Crippen molar-refractivity contribution < 1.29 is 9.47 Å². The van der Waals surface area contributed by atoms with E-state index in [1.54, 1.807) is 16.8 Å². The highest BCUT2D eigenvalue weighted by Gasteiger charge is 2.14. The van der Waals surface area contributed by atoms with E-state index in [0.717, 1.165) is 16.7 Å². The molecule has 0 aliphatic carbocycles. The second-order valence-electron chi connectivity index (χ2n) is 7.09. The Kier molecular flexibility index (Phi) is 7.54. The van der Waals surface area contributed by atoms with Crippen molar-refractivity contribution in [3.8, 4) is 22.9 Å². The van der Waals surface area contributed by atoms with Crippen LogP contribution in [-0.4, -0.2) is 21.5 Å². The molecule has 1 heterocycles. The summed E-state index contributed by atoms with van der Waals surface area (Å²) in [6, 6.07) is 20.9. The van der Waals surface area contributed by atoms with E-state index in [-0.39, 0.29) is 6.61 Å². The van der Waals surface area contributed by atoms with Gasteiger partial charge in [0.25, 0.3) is 0 Å². The molecule has 9 heteroatoms. The Morgan fingerprint density at radius 1 is 1.00 bits per heavy atom. The Morgan fingerprint density at radius 2 is 1.82 bits per heavy atom. The van der Waals surface area contributed by atoms with Gasteiger partial charge in [-0.25, -0.2) is 9.77 Å². The largest absolute Gasteiger partial charge is 0.490 e. The summed E-state index contributed by atoms with van der Waals surface area (Å²) in [5.41, 5.74) is 6.01. The van der Waals surface area contributed by atoms with E-state index in [1.807, 2.05) is 61.5 Å². The summed E-state index contributed by atoms with van der Waals surface area (Å²) in [6.07, 6.45) is 0. The lowest BCUT2D eigenvalue weighted by atomic mass is 10.1. The van der Waals surface area contributed by atoms with Gasteiger partial charge < -0.3 is 14.9 Å². The van der Waals surface area contributed by atoms with Crippen LogP contribution in [0.5, 0.6) is 11.5 Å². The van der Waals surface area contributed by atoms with Gasteiger partial charge in [0.2, 0.25) is 4.77 Å². The number of nitrogens with zero attached hydrogens (tertiary/aromatic N) is 2. The molecule has 4 aromatic rings. The van der Waals surface area contributed by atoms with Gasteiger partial charge in [-0.2, -0.15) is 5.10 Å². The monoisotopic (exact) mass is 500 g/mol. The predicted molar refractivity (Wildman–Crippen MR) is 134 cm³/mol. The van der Waals surface area contributed by atoms with E-state index in [9.17, 15) is 0 Å². The lowest BCUT2D eigenvalue weighted by molar-refractivity contribution is 0.267. The van der Waals surface area contributed by atoms with Crippen LogP contribution in [0.3, 0.4) is 0 Å². The minimum Gasteiger partial charge on any atom is -0.490 e. The summed E-state index contributed by atoms with van der Waals surface area (Å²) in [5, 5.41) is 8.34. The van der Waals surface area contributed by atoms with E-state index in [1.165, 1.54) is 0 Å². The first kappa shape index (κ1) is 23.2. The number of para-hydroxylation sites is 1. The summed E-state index contributed by atoms with van der Waals surface area (Å²) < 4.78 is 14.2. The van der Waals surface area contributed by atoms with Crippen molar-refractivity contribution in [2.45, 2.75) is 20.1 Å². The van der Waals surface area contributed by atoms with Crippen LogP contribution in [0.2, 0.25) is 10.0 Å². The van der Waals surface area contributed by atoms with Gasteiger partial charge in [-0.15, -0.1) is 0 Å². The zero-order valence-corrected chi connectivity index (χ0v) is 20.2. The SMILES string of the molecule is CCOc1cccc(CNn2c(-c3ccccc3)n[nH]c2=S)c1OCc1ccc(Cl)cc1Cl. The number of aromatic amines is 1. The second-order valence-corrected chi connectivity index (χ2v) is 8.32. The average molecular weight is 501 g/mol. The second kappa shape index (κ2) is 10.7. The summed E-state index contributed by atoms with van der Waals surface area (Å²) in [4.78, 5) is 0. The average Bonchev–Trinajstić information content (AvgIpc) is 3.19. The molecule has 0 aliphatic rings. The number of rotatable bonds is 9. The third-order valence-corrected chi connectivity index (χ3v) is 5.74. The lowest BCUT2D eigenvalue weighted by Crippen LogP contribution is -2.17. The Bertz CT molecular complexity index is 1290. The molecule has 33 heavy (non-hydrogen) atoms. The molecule has 0 atom stereocenters. The zero-order chi connectivity index (χ0) is 23.2. The highest BCUT2D eigenvalue weighted by molar-refractivity contribution is 7.71. The highest BCUT2D eigenvalue weighted by Crippen LogP contribution is 2.33. The van der Waals surface area contributed by atoms with Crippen molar-refractivity contribution >= 4 is 35.4 Å². The van der Waals surface area contributed by atoms with Crippen molar-refractivity contribution in [3.05, 3.63) is 92.7 Å². The standard InChI is InChI=1S/C24H22Cl2N4O2S/c1-2-31-21-10-6-9-17(22(21)32-15-18-11-12-19(25)13-20(18)26)14-27-30-23(28-29-24(30)33)16-7-4-3-5-8-16/h3-13,27H,2,14-15H2,1H3,(H,29,33). The molecule has 6 nitrogen and oxygen atoms in total. The molecule has 0 saturated carbocycles. The molecular formula is C24H22Cl2N4O2S. The summed E-state index contributed by atoms with van der Waals surface area (Å²) in [7, 11) is 0. The third kappa shape index (κ3) is 5.50. The molecule has 0 saturated heterocycles. The maximum Gasteiger partial charge on any atom is 0.214 e. The predicted octanol–water partition coefficient (Wildman–Crippen LogP) is 6.64. The van der Waals surface area contributed by atoms with E-state index in [4.69, 9.17) is 44.9 Å².